The van der Waals surface area contributed by atoms with Crippen molar-refractivity contribution < 1.29 is 13.5 Å². The Hall–Kier alpha value is -2.16. The molecule has 0 unspecified atom stereocenters. The van der Waals surface area contributed by atoms with Gasteiger partial charge in [-0.1, -0.05) is 37.8 Å². The Kier molecular flexibility index (Phi) is 6.35. The van der Waals surface area contributed by atoms with Crippen molar-refractivity contribution in [3.05, 3.63) is 66.3 Å². The van der Waals surface area contributed by atoms with Gasteiger partial charge in [-0.05, 0) is 60.8 Å². The Bertz CT molecular complexity index is 714. The van der Waals surface area contributed by atoms with Gasteiger partial charge in [0.05, 0.1) is 7.11 Å². The van der Waals surface area contributed by atoms with Crippen LogP contribution in [0.2, 0.25) is 0 Å². The van der Waals surface area contributed by atoms with Crippen LogP contribution in [0.25, 0.3) is 11.1 Å². The Morgan fingerprint density at radius 2 is 1.60 bits per heavy atom. The molecule has 2 aromatic carbocycles. The lowest BCUT2D eigenvalue weighted by Gasteiger charge is -2.27. The zero-order valence-corrected chi connectivity index (χ0v) is 13.9. The second kappa shape index (κ2) is 8.28. The predicted octanol–water partition coefficient (Wildman–Crippen LogP) is 6.74. The van der Waals surface area contributed by atoms with Gasteiger partial charge in [0.2, 0.25) is 5.82 Å². The van der Waals surface area contributed by atoms with Gasteiger partial charge in [-0.25, -0.2) is 4.39 Å². The van der Waals surface area contributed by atoms with Crippen LogP contribution in [-0.2, 0) is 0 Å². The summed E-state index contributed by atoms with van der Waals surface area (Å²) >= 11 is 0. The van der Waals surface area contributed by atoms with Crippen molar-refractivity contribution in [1.82, 2.24) is 0 Å². The minimum atomic E-state index is -0.943. The summed E-state index contributed by atoms with van der Waals surface area (Å²) in [6, 6.07) is 10.8. The van der Waals surface area contributed by atoms with Gasteiger partial charge < -0.3 is 4.74 Å². The quantitative estimate of drug-likeness (QED) is 0.558. The van der Waals surface area contributed by atoms with Gasteiger partial charge in [-0.15, -0.1) is 6.58 Å². The lowest BCUT2D eigenvalue weighted by atomic mass is 9.78. The summed E-state index contributed by atoms with van der Waals surface area (Å²) < 4.78 is 32.9. The second-order valence-electron chi connectivity index (χ2n) is 6.41. The van der Waals surface area contributed by atoms with Gasteiger partial charge >= 0.3 is 0 Å². The Balaban J connectivity index is 0.00000225. The standard InChI is InChI=1S/C21H22F2O.CH4/c1-3-14-4-6-15(7-5-14)16-8-10-17(11-9-16)18-12-13-19(24-2)21(23)20(18)22;/h3,8-15H,1,4-7H2,2H3;1H4. The summed E-state index contributed by atoms with van der Waals surface area (Å²) in [5.41, 5.74) is 2.21. The van der Waals surface area contributed by atoms with Crippen molar-refractivity contribution in [3.63, 3.8) is 0 Å². The van der Waals surface area contributed by atoms with Gasteiger partial charge in [0.1, 0.15) is 0 Å². The van der Waals surface area contributed by atoms with Crippen LogP contribution in [0.5, 0.6) is 5.75 Å². The van der Waals surface area contributed by atoms with Gasteiger partial charge in [0.15, 0.2) is 11.6 Å². The van der Waals surface area contributed by atoms with Crippen molar-refractivity contribution >= 4 is 0 Å². The minimum Gasteiger partial charge on any atom is -0.494 e. The molecule has 0 aliphatic heterocycles. The molecule has 0 bridgehead atoms. The number of methoxy groups -OCH3 is 1. The fourth-order valence-corrected chi connectivity index (χ4v) is 3.54. The third kappa shape index (κ3) is 3.92. The Labute approximate surface area is 149 Å². The molecule has 1 aliphatic carbocycles. The van der Waals surface area contributed by atoms with Gasteiger partial charge in [0.25, 0.3) is 0 Å². The number of hydrogen-bond acceptors (Lipinski definition) is 1. The average Bonchev–Trinajstić information content (AvgIpc) is 2.64. The summed E-state index contributed by atoms with van der Waals surface area (Å²) in [5.74, 6) is -0.702. The van der Waals surface area contributed by atoms with Crippen LogP contribution in [0.4, 0.5) is 8.78 Å². The van der Waals surface area contributed by atoms with Crippen molar-refractivity contribution in [3.8, 4) is 16.9 Å². The maximum Gasteiger partial charge on any atom is 0.201 e. The molecule has 3 heteroatoms. The minimum absolute atomic E-state index is 0. The van der Waals surface area contributed by atoms with E-state index in [-0.39, 0.29) is 18.7 Å². The van der Waals surface area contributed by atoms with E-state index < -0.39 is 11.6 Å². The van der Waals surface area contributed by atoms with Crippen LogP contribution in [0, 0.1) is 17.6 Å². The molecule has 0 atom stereocenters. The van der Waals surface area contributed by atoms with Gasteiger partial charge in [-0.3, -0.25) is 0 Å². The maximum atomic E-state index is 14.2. The van der Waals surface area contributed by atoms with E-state index in [1.165, 1.54) is 31.6 Å². The monoisotopic (exact) mass is 344 g/mol. The van der Waals surface area contributed by atoms with E-state index in [4.69, 9.17) is 4.74 Å². The summed E-state index contributed by atoms with van der Waals surface area (Å²) in [6.07, 6.45) is 6.71. The summed E-state index contributed by atoms with van der Waals surface area (Å²) in [5, 5.41) is 0. The average molecular weight is 344 g/mol. The molecule has 1 aliphatic rings. The Morgan fingerprint density at radius 3 is 2.16 bits per heavy atom. The van der Waals surface area contributed by atoms with Crippen molar-refractivity contribution in [2.75, 3.05) is 7.11 Å². The molecule has 134 valence electrons. The molecule has 0 spiro atoms. The smallest absolute Gasteiger partial charge is 0.201 e. The van der Waals surface area contributed by atoms with Crippen molar-refractivity contribution in [2.45, 2.75) is 39.0 Å². The number of hydrogen-bond donors (Lipinski definition) is 0. The third-order valence-corrected chi connectivity index (χ3v) is 5.07. The number of allylic oxidation sites excluding steroid dienone is 1. The molecule has 3 rings (SSSR count). The molecule has 0 saturated heterocycles. The SMILES string of the molecule is C.C=CC1CCC(c2ccc(-c3ccc(OC)c(F)c3F)cc2)CC1. The van der Waals surface area contributed by atoms with Crippen LogP contribution in [0.3, 0.4) is 0 Å². The highest BCUT2D eigenvalue weighted by atomic mass is 19.2. The Morgan fingerprint density at radius 1 is 0.960 bits per heavy atom. The number of rotatable bonds is 4. The second-order valence-corrected chi connectivity index (χ2v) is 6.41. The first-order valence-electron chi connectivity index (χ1n) is 8.39. The van der Waals surface area contributed by atoms with Crippen LogP contribution < -0.4 is 4.74 Å². The first kappa shape index (κ1) is 19.2. The molecule has 0 radical (unpaired) electrons. The summed E-state index contributed by atoms with van der Waals surface area (Å²) in [7, 11) is 1.33. The van der Waals surface area contributed by atoms with Crippen LogP contribution in [0.15, 0.2) is 49.1 Å². The lowest BCUT2D eigenvalue weighted by molar-refractivity contribution is 0.372. The lowest BCUT2D eigenvalue weighted by Crippen LogP contribution is -2.11. The van der Waals surface area contributed by atoms with Crippen LogP contribution >= 0.6 is 0 Å². The van der Waals surface area contributed by atoms with Crippen molar-refractivity contribution in [1.29, 1.82) is 0 Å². The molecule has 1 saturated carbocycles. The zero-order valence-electron chi connectivity index (χ0n) is 13.9. The normalized spacial score (nSPS) is 19.8. The fraction of sp³-hybridized carbons (Fsp3) is 0.364. The molecule has 1 fully saturated rings. The highest BCUT2D eigenvalue weighted by Gasteiger charge is 2.21. The molecule has 2 aromatic rings. The molecular weight excluding hydrogens is 318 g/mol. The third-order valence-electron chi connectivity index (χ3n) is 5.07. The van der Waals surface area contributed by atoms with Gasteiger partial charge in [-0.2, -0.15) is 4.39 Å². The number of benzene rings is 2. The molecule has 0 N–H and O–H groups in total. The molecular formula is C22H26F2O. The van der Waals surface area contributed by atoms with E-state index >= 15 is 0 Å². The topological polar surface area (TPSA) is 9.23 Å². The fourth-order valence-electron chi connectivity index (χ4n) is 3.54. The van der Waals surface area contributed by atoms with E-state index in [9.17, 15) is 8.78 Å². The van der Waals surface area contributed by atoms with Gasteiger partial charge in [0, 0.05) is 5.56 Å². The van der Waals surface area contributed by atoms with E-state index in [0.29, 0.717) is 17.4 Å². The van der Waals surface area contributed by atoms with E-state index in [1.807, 2.05) is 24.3 Å². The highest BCUT2D eigenvalue weighted by molar-refractivity contribution is 5.65. The van der Waals surface area contributed by atoms with E-state index in [0.717, 1.165) is 12.8 Å². The first-order chi connectivity index (χ1) is 11.6. The first-order valence-corrected chi connectivity index (χ1v) is 8.39. The van der Waals surface area contributed by atoms with Crippen molar-refractivity contribution in [2.24, 2.45) is 5.92 Å². The van der Waals surface area contributed by atoms with Crippen LogP contribution in [-0.4, -0.2) is 7.11 Å². The molecule has 0 amide bonds. The van der Waals surface area contributed by atoms with E-state index in [1.54, 1.807) is 6.07 Å². The van der Waals surface area contributed by atoms with Crippen LogP contribution in [0.1, 0.15) is 44.6 Å². The maximum absolute atomic E-state index is 14.2. The molecule has 1 nitrogen and oxygen atoms in total. The zero-order chi connectivity index (χ0) is 17.1. The number of halogens is 2. The molecule has 25 heavy (non-hydrogen) atoms. The highest BCUT2D eigenvalue weighted by Crippen LogP contribution is 2.37. The largest absolute Gasteiger partial charge is 0.494 e. The molecule has 0 aromatic heterocycles. The number of ether oxygens (including phenoxy) is 1. The predicted molar refractivity (Wildman–Crippen MR) is 100.0 cm³/mol. The summed E-state index contributed by atoms with van der Waals surface area (Å²) in [6.45, 7) is 3.88. The molecule has 0 heterocycles. The summed E-state index contributed by atoms with van der Waals surface area (Å²) in [4.78, 5) is 0. The van der Waals surface area contributed by atoms with E-state index in [2.05, 4.69) is 12.7 Å².